The van der Waals surface area contributed by atoms with Crippen molar-refractivity contribution < 1.29 is 8.42 Å². The lowest BCUT2D eigenvalue weighted by Crippen LogP contribution is -2.36. The maximum Gasteiger partial charge on any atom is 0.205 e. The summed E-state index contributed by atoms with van der Waals surface area (Å²) in [7, 11) is -3.39. The quantitative estimate of drug-likeness (QED) is 0.788. The maximum atomic E-state index is 13.1. The van der Waals surface area contributed by atoms with Crippen molar-refractivity contribution in [1.82, 2.24) is 4.90 Å². The molecule has 1 saturated heterocycles. The zero-order valence-electron chi connectivity index (χ0n) is 13.5. The van der Waals surface area contributed by atoms with Crippen LogP contribution in [0.4, 0.5) is 0 Å². The summed E-state index contributed by atoms with van der Waals surface area (Å²) in [6.45, 7) is 4.90. The lowest BCUT2D eigenvalue weighted by molar-refractivity contribution is 0.243. The van der Waals surface area contributed by atoms with Gasteiger partial charge in [-0.2, -0.15) is 0 Å². The molecule has 0 N–H and O–H groups in total. The molecular weight excluding hydrogens is 306 g/mol. The first-order chi connectivity index (χ1) is 11.0. The summed E-state index contributed by atoms with van der Waals surface area (Å²) in [5, 5.41) is 1.82. The topological polar surface area (TPSA) is 37.4 Å². The van der Waals surface area contributed by atoms with Gasteiger partial charge in [0.2, 0.25) is 9.84 Å². The molecule has 0 spiro atoms. The number of hydrogen-bond acceptors (Lipinski definition) is 3. The molecule has 2 aromatic rings. The van der Waals surface area contributed by atoms with Crippen molar-refractivity contribution in [2.75, 3.05) is 6.54 Å². The van der Waals surface area contributed by atoms with Crippen LogP contribution in [-0.4, -0.2) is 25.9 Å². The number of hydrogen-bond donors (Lipinski definition) is 0. The number of rotatable bonds is 1. The van der Waals surface area contributed by atoms with Crippen molar-refractivity contribution in [2.24, 2.45) is 0 Å². The maximum absolute atomic E-state index is 13.1. The smallest absolute Gasteiger partial charge is 0.205 e. The summed E-state index contributed by atoms with van der Waals surface area (Å²) in [5.74, 6) is 0. The van der Waals surface area contributed by atoms with Crippen molar-refractivity contribution in [2.45, 2.75) is 44.0 Å². The van der Waals surface area contributed by atoms with Crippen molar-refractivity contribution in [3.63, 3.8) is 0 Å². The monoisotopic (exact) mass is 327 g/mol. The summed E-state index contributed by atoms with van der Waals surface area (Å²) in [6.07, 6.45) is 3.48. The molecule has 2 aromatic carbocycles. The lowest BCUT2D eigenvalue weighted by Gasteiger charge is -2.36. The Bertz CT molecular complexity index is 928. The molecule has 4 heteroatoms. The summed E-state index contributed by atoms with van der Waals surface area (Å²) >= 11 is 0. The van der Waals surface area contributed by atoms with Crippen LogP contribution in [0.3, 0.4) is 0 Å². The van der Waals surface area contributed by atoms with Gasteiger partial charge in [0.1, 0.15) is 0 Å². The van der Waals surface area contributed by atoms with Crippen LogP contribution < -0.4 is 0 Å². The minimum absolute atomic E-state index is 0.390. The lowest BCUT2D eigenvalue weighted by atomic mass is 9.99. The van der Waals surface area contributed by atoms with Gasteiger partial charge in [0.25, 0.3) is 0 Å². The Balaban J connectivity index is 2.00. The van der Waals surface area contributed by atoms with E-state index in [2.05, 4.69) is 11.8 Å². The molecule has 1 fully saturated rings. The van der Waals surface area contributed by atoms with Crippen LogP contribution in [0, 0.1) is 0 Å². The largest absolute Gasteiger partial charge is 0.368 e. The van der Waals surface area contributed by atoms with E-state index in [9.17, 15) is 8.42 Å². The zero-order chi connectivity index (χ0) is 16.2. The van der Waals surface area contributed by atoms with Gasteiger partial charge in [-0.25, -0.2) is 8.42 Å². The highest BCUT2D eigenvalue weighted by molar-refractivity contribution is 7.96. The normalized spacial score (nSPS) is 23.4. The van der Waals surface area contributed by atoms with Gasteiger partial charge in [-0.1, -0.05) is 36.4 Å². The molecule has 23 heavy (non-hydrogen) atoms. The third-order valence-electron chi connectivity index (χ3n) is 5.23. The fourth-order valence-corrected chi connectivity index (χ4v) is 5.69. The minimum Gasteiger partial charge on any atom is -0.368 e. The highest BCUT2D eigenvalue weighted by atomic mass is 32.2. The molecule has 3 nitrogen and oxygen atoms in total. The van der Waals surface area contributed by atoms with Crippen LogP contribution in [0.5, 0.6) is 0 Å². The summed E-state index contributed by atoms with van der Waals surface area (Å²) in [4.78, 5) is 3.32. The van der Waals surface area contributed by atoms with E-state index in [1.54, 1.807) is 6.92 Å². The van der Waals surface area contributed by atoms with E-state index in [1.165, 1.54) is 6.42 Å². The van der Waals surface area contributed by atoms with Gasteiger partial charge in [0.15, 0.2) is 0 Å². The summed E-state index contributed by atoms with van der Waals surface area (Å²) in [5.41, 5.74) is 1.81. The minimum atomic E-state index is -3.39. The first kappa shape index (κ1) is 14.8. The number of fused-ring (bicyclic) bond motifs is 3. The van der Waals surface area contributed by atoms with Crippen LogP contribution in [-0.2, 0) is 9.84 Å². The Morgan fingerprint density at radius 1 is 1.09 bits per heavy atom. The molecule has 0 radical (unpaired) electrons. The van der Waals surface area contributed by atoms with E-state index in [0.29, 0.717) is 15.8 Å². The highest BCUT2D eigenvalue weighted by Crippen LogP contribution is 2.45. The van der Waals surface area contributed by atoms with Gasteiger partial charge in [-0.05, 0) is 38.5 Å². The van der Waals surface area contributed by atoms with Crippen LogP contribution in [0.2, 0.25) is 0 Å². The van der Waals surface area contributed by atoms with Crippen molar-refractivity contribution >= 4 is 26.3 Å². The van der Waals surface area contributed by atoms with Crippen LogP contribution in [0.1, 0.15) is 38.7 Å². The summed E-state index contributed by atoms with van der Waals surface area (Å²) < 4.78 is 26.1. The molecule has 1 atom stereocenters. The molecule has 0 saturated carbocycles. The van der Waals surface area contributed by atoms with Crippen molar-refractivity contribution in [3.8, 4) is 0 Å². The first-order valence-corrected chi connectivity index (χ1v) is 9.75. The zero-order valence-corrected chi connectivity index (χ0v) is 14.4. The number of piperidine rings is 1. The molecule has 0 bridgehead atoms. The average molecular weight is 327 g/mol. The molecule has 0 aliphatic carbocycles. The molecule has 0 aromatic heterocycles. The Labute approximate surface area is 137 Å². The van der Waals surface area contributed by atoms with Crippen molar-refractivity contribution in [1.29, 1.82) is 0 Å². The Morgan fingerprint density at radius 3 is 2.65 bits per heavy atom. The van der Waals surface area contributed by atoms with Gasteiger partial charge >= 0.3 is 0 Å². The third kappa shape index (κ3) is 2.04. The number of allylic oxidation sites excluding steroid dienone is 1. The predicted octanol–water partition coefficient (Wildman–Crippen LogP) is 4.19. The molecule has 2 aliphatic heterocycles. The van der Waals surface area contributed by atoms with E-state index >= 15 is 0 Å². The first-order valence-electron chi connectivity index (χ1n) is 8.26. The molecule has 2 heterocycles. The van der Waals surface area contributed by atoms with E-state index in [4.69, 9.17) is 0 Å². The number of nitrogens with zero attached hydrogens (tertiary/aromatic N) is 1. The van der Waals surface area contributed by atoms with Gasteiger partial charge in [-0.3, -0.25) is 0 Å². The second-order valence-electron chi connectivity index (χ2n) is 6.61. The second kappa shape index (κ2) is 5.10. The Hall–Kier alpha value is -1.81. The van der Waals surface area contributed by atoms with Crippen molar-refractivity contribution in [3.05, 3.63) is 46.9 Å². The van der Waals surface area contributed by atoms with E-state index in [1.807, 2.05) is 36.4 Å². The fraction of sp³-hybridized carbons (Fsp3) is 0.368. The molecule has 120 valence electrons. The fourth-order valence-electron chi connectivity index (χ4n) is 3.98. The van der Waals surface area contributed by atoms with Crippen LogP contribution >= 0.6 is 0 Å². The van der Waals surface area contributed by atoms with E-state index in [-0.39, 0.29) is 0 Å². The van der Waals surface area contributed by atoms with Gasteiger partial charge in [0.05, 0.1) is 15.5 Å². The van der Waals surface area contributed by atoms with Gasteiger partial charge in [-0.15, -0.1) is 0 Å². The molecular formula is C19H21NO2S. The Kier molecular flexibility index (Phi) is 3.27. The van der Waals surface area contributed by atoms with Gasteiger partial charge < -0.3 is 4.90 Å². The third-order valence-corrected chi connectivity index (χ3v) is 7.21. The second-order valence-corrected chi connectivity index (χ2v) is 8.64. The predicted molar refractivity (Wildman–Crippen MR) is 93.7 cm³/mol. The average Bonchev–Trinajstić information content (AvgIpc) is 2.75. The van der Waals surface area contributed by atoms with E-state index < -0.39 is 9.84 Å². The standard InChI is InChI=1S/C19H21NO2S/c1-13-7-5-6-12-20(13)18-14(2)23(21,22)19-16-9-4-3-8-15(16)10-11-17(18)19/h3-4,8-11,13H,5-7,12H2,1-2H3. The molecule has 0 amide bonds. The molecule has 2 aliphatic rings. The number of sulfone groups is 1. The molecule has 1 unspecified atom stereocenters. The SMILES string of the molecule is CC1=C(N2CCCCC2C)c2ccc3ccccc3c2S1(=O)=O. The van der Waals surface area contributed by atoms with Gasteiger partial charge in [0, 0.05) is 23.5 Å². The number of benzene rings is 2. The summed E-state index contributed by atoms with van der Waals surface area (Å²) in [6, 6.07) is 12.2. The molecule has 4 rings (SSSR count). The highest BCUT2D eigenvalue weighted by Gasteiger charge is 2.38. The Morgan fingerprint density at radius 2 is 1.87 bits per heavy atom. The van der Waals surface area contributed by atoms with Crippen LogP contribution in [0.25, 0.3) is 16.5 Å². The van der Waals surface area contributed by atoms with Crippen LogP contribution in [0.15, 0.2) is 46.2 Å². The number of likely N-dealkylation sites (tertiary alicyclic amines) is 1. The van der Waals surface area contributed by atoms with E-state index in [0.717, 1.165) is 41.4 Å².